The van der Waals surface area contributed by atoms with Gasteiger partial charge in [0.1, 0.15) is 0 Å². The predicted octanol–water partition coefficient (Wildman–Crippen LogP) is 1.82. The van der Waals surface area contributed by atoms with Gasteiger partial charge in [-0.15, -0.1) is 0 Å². The van der Waals surface area contributed by atoms with Gasteiger partial charge in [-0.3, -0.25) is 14.4 Å². The fourth-order valence-electron chi connectivity index (χ4n) is 2.88. The lowest BCUT2D eigenvalue weighted by molar-refractivity contribution is -0.117. The minimum atomic E-state index is -0.0413. The molecule has 1 amide bonds. The van der Waals surface area contributed by atoms with Gasteiger partial charge in [0.05, 0.1) is 6.20 Å². The number of nitrogens with one attached hydrogen (secondary N) is 1. The Morgan fingerprint density at radius 3 is 2.96 bits per heavy atom. The molecule has 2 heterocycles. The van der Waals surface area contributed by atoms with Gasteiger partial charge < -0.3 is 5.32 Å². The van der Waals surface area contributed by atoms with E-state index in [0.717, 1.165) is 31.6 Å². The van der Waals surface area contributed by atoms with Gasteiger partial charge >= 0.3 is 0 Å². The number of nitrogens with zero attached hydrogens (tertiary/aromatic N) is 3. The molecule has 1 atom stereocenters. The average molecular weight is 310 g/mol. The fraction of sp³-hybridized carbons (Fsp3) is 0.333. The zero-order chi connectivity index (χ0) is 16.1. The highest BCUT2D eigenvalue weighted by Gasteiger charge is 2.23. The van der Waals surface area contributed by atoms with E-state index in [1.54, 1.807) is 23.0 Å². The van der Waals surface area contributed by atoms with E-state index in [1.165, 1.54) is 5.56 Å². The number of benzene rings is 1. The molecule has 1 aromatic heterocycles. The standard InChI is InChI=1S/C18H22N4O/c1-21-12-16(11-19-21)7-8-18(23)20-17-9-10-22(14-17)13-15-5-3-2-4-6-15/h2-8,11-12,17H,9-10,13-14H2,1H3,(H,20,23)/b8-7+. The fourth-order valence-corrected chi connectivity index (χ4v) is 2.88. The molecule has 1 unspecified atom stereocenters. The summed E-state index contributed by atoms with van der Waals surface area (Å²) in [6, 6.07) is 10.7. The third-order valence-electron chi connectivity index (χ3n) is 4.02. The van der Waals surface area contributed by atoms with Crippen LogP contribution in [0.3, 0.4) is 0 Å². The second kappa shape index (κ2) is 7.24. The topological polar surface area (TPSA) is 50.2 Å². The highest BCUT2D eigenvalue weighted by Crippen LogP contribution is 2.13. The molecule has 0 radical (unpaired) electrons. The largest absolute Gasteiger partial charge is 0.348 e. The summed E-state index contributed by atoms with van der Waals surface area (Å²) < 4.78 is 1.72. The minimum absolute atomic E-state index is 0.0413. The van der Waals surface area contributed by atoms with E-state index < -0.39 is 0 Å². The molecule has 0 spiro atoms. The van der Waals surface area contributed by atoms with Gasteiger partial charge in [0.15, 0.2) is 0 Å². The van der Waals surface area contributed by atoms with Crippen molar-refractivity contribution in [1.82, 2.24) is 20.0 Å². The van der Waals surface area contributed by atoms with Crippen LogP contribution in [-0.2, 0) is 18.4 Å². The molecule has 1 N–H and O–H groups in total. The first kappa shape index (κ1) is 15.5. The molecule has 1 fully saturated rings. The minimum Gasteiger partial charge on any atom is -0.348 e. The van der Waals surface area contributed by atoms with Gasteiger partial charge in [-0.2, -0.15) is 5.10 Å². The third-order valence-corrected chi connectivity index (χ3v) is 4.02. The summed E-state index contributed by atoms with van der Waals surface area (Å²) in [5, 5.41) is 7.15. The van der Waals surface area contributed by atoms with E-state index in [9.17, 15) is 4.79 Å². The number of hydrogen-bond acceptors (Lipinski definition) is 3. The van der Waals surface area contributed by atoms with Crippen LogP contribution >= 0.6 is 0 Å². The van der Waals surface area contributed by atoms with Gasteiger partial charge in [-0.1, -0.05) is 30.3 Å². The first-order valence-electron chi connectivity index (χ1n) is 7.92. The summed E-state index contributed by atoms with van der Waals surface area (Å²) in [4.78, 5) is 14.4. The van der Waals surface area contributed by atoms with Gasteiger partial charge in [-0.05, 0) is 18.1 Å². The van der Waals surface area contributed by atoms with Gasteiger partial charge in [0.2, 0.25) is 5.91 Å². The van der Waals surface area contributed by atoms with Crippen molar-refractivity contribution in [3.63, 3.8) is 0 Å². The van der Waals surface area contributed by atoms with Gasteiger partial charge in [0, 0.05) is 50.6 Å². The Balaban J connectivity index is 1.46. The van der Waals surface area contributed by atoms with E-state index in [1.807, 2.05) is 19.3 Å². The van der Waals surface area contributed by atoms with Crippen LogP contribution in [0.5, 0.6) is 0 Å². The van der Waals surface area contributed by atoms with Gasteiger partial charge in [0.25, 0.3) is 0 Å². The van der Waals surface area contributed by atoms with Crippen LogP contribution in [0.15, 0.2) is 48.8 Å². The molecule has 1 aliphatic heterocycles. The molecule has 1 aromatic carbocycles. The zero-order valence-corrected chi connectivity index (χ0v) is 13.4. The first-order chi connectivity index (χ1) is 11.2. The number of likely N-dealkylation sites (tertiary alicyclic amines) is 1. The van der Waals surface area contributed by atoms with Crippen molar-refractivity contribution >= 4 is 12.0 Å². The quantitative estimate of drug-likeness (QED) is 0.857. The lowest BCUT2D eigenvalue weighted by atomic mass is 10.2. The molecule has 3 rings (SSSR count). The molecular weight excluding hydrogens is 288 g/mol. The Morgan fingerprint density at radius 2 is 2.22 bits per heavy atom. The van der Waals surface area contributed by atoms with Crippen molar-refractivity contribution < 1.29 is 4.79 Å². The smallest absolute Gasteiger partial charge is 0.244 e. The van der Waals surface area contributed by atoms with Crippen molar-refractivity contribution in [1.29, 1.82) is 0 Å². The normalized spacial score (nSPS) is 18.6. The Hall–Kier alpha value is -2.40. The van der Waals surface area contributed by atoms with Crippen LogP contribution in [-0.4, -0.2) is 39.7 Å². The highest BCUT2D eigenvalue weighted by molar-refractivity contribution is 5.91. The van der Waals surface area contributed by atoms with Crippen molar-refractivity contribution in [3.8, 4) is 0 Å². The van der Waals surface area contributed by atoms with Crippen molar-refractivity contribution in [3.05, 3.63) is 59.9 Å². The molecule has 0 bridgehead atoms. The number of hydrogen-bond donors (Lipinski definition) is 1. The zero-order valence-electron chi connectivity index (χ0n) is 13.4. The number of aromatic nitrogens is 2. The molecule has 2 aromatic rings. The number of rotatable bonds is 5. The molecular formula is C18H22N4O. The molecule has 5 heteroatoms. The van der Waals surface area contributed by atoms with Crippen LogP contribution in [0.2, 0.25) is 0 Å². The summed E-state index contributed by atoms with van der Waals surface area (Å²) in [5.41, 5.74) is 2.25. The van der Waals surface area contributed by atoms with E-state index in [2.05, 4.69) is 39.6 Å². The summed E-state index contributed by atoms with van der Waals surface area (Å²) in [5.74, 6) is -0.0413. The molecule has 0 aliphatic carbocycles. The van der Waals surface area contributed by atoms with Crippen LogP contribution in [0.4, 0.5) is 0 Å². The predicted molar refractivity (Wildman–Crippen MR) is 90.5 cm³/mol. The van der Waals surface area contributed by atoms with Crippen molar-refractivity contribution in [2.24, 2.45) is 7.05 Å². The molecule has 120 valence electrons. The summed E-state index contributed by atoms with van der Waals surface area (Å²) in [6.07, 6.45) is 7.98. The Labute approximate surface area is 136 Å². The second-order valence-corrected chi connectivity index (χ2v) is 6.00. The summed E-state index contributed by atoms with van der Waals surface area (Å²) >= 11 is 0. The van der Waals surface area contributed by atoms with E-state index >= 15 is 0 Å². The van der Waals surface area contributed by atoms with Crippen LogP contribution < -0.4 is 5.32 Å². The maximum Gasteiger partial charge on any atom is 0.244 e. The van der Waals surface area contributed by atoms with E-state index in [-0.39, 0.29) is 11.9 Å². The average Bonchev–Trinajstić information content (AvgIpc) is 3.15. The van der Waals surface area contributed by atoms with E-state index in [0.29, 0.717) is 0 Å². The number of amides is 1. The number of carbonyl (C=O) groups is 1. The summed E-state index contributed by atoms with van der Waals surface area (Å²) in [7, 11) is 1.86. The molecule has 5 nitrogen and oxygen atoms in total. The maximum absolute atomic E-state index is 12.0. The molecule has 23 heavy (non-hydrogen) atoms. The molecule has 0 saturated carbocycles. The first-order valence-corrected chi connectivity index (χ1v) is 7.92. The third kappa shape index (κ3) is 4.53. The number of aryl methyl sites for hydroxylation is 1. The van der Waals surface area contributed by atoms with Gasteiger partial charge in [-0.25, -0.2) is 0 Å². The lowest BCUT2D eigenvalue weighted by Gasteiger charge is -2.16. The molecule has 1 saturated heterocycles. The second-order valence-electron chi connectivity index (χ2n) is 6.00. The van der Waals surface area contributed by atoms with Crippen molar-refractivity contribution in [2.75, 3.05) is 13.1 Å². The highest BCUT2D eigenvalue weighted by atomic mass is 16.1. The summed E-state index contributed by atoms with van der Waals surface area (Å²) in [6.45, 7) is 2.87. The maximum atomic E-state index is 12.0. The Kier molecular flexibility index (Phi) is 4.88. The SMILES string of the molecule is Cn1cc(/C=C/C(=O)NC2CCN(Cc3ccccc3)C2)cn1. The van der Waals surface area contributed by atoms with Crippen LogP contribution in [0.1, 0.15) is 17.5 Å². The van der Waals surface area contributed by atoms with Crippen LogP contribution in [0.25, 0.3) is 6.08 Å². The molecule has 1 aliphatic rings. The van der Waals surface area contributed by atoms with Crippen LogP contribution in [0, 0.1) is 0 Å². The van der Waals surface area contributed by atoms with E-state index in [4.69, 9.17) is 0 Å². The Morgan fingerprint density at radius 1 is 1.39 bits per heavy atom. The monoisotopic (exact) mass is 310 g/mol. The van der Waals surface area contributed by atoms with Crippen molar-refractivity contribution in [2.45, 2.75) is 19.0 Å². The lowest BCUT2D eigenvalue weighted by Crippen LogP contribution is -2.35. The number of carbonyl (C=O) groups excluding carboxylic acids is 1. The Bertz CT molecular complexity index is 677.